The van der Waals surface area contributed by atoms with E-state index in [0.29, 0.717) is 5.69 Å². The molecule has 0 aliphatic carbocycles. The number of nitrogens with two attached hydrogens (primary N) is 1. The zero-order chi connectivity index (χ0) is 14.0. The second kappa shape index (κ2) is 4.88. The van der Waals surface area contributed by atoms with Crippen LogP contribution in [0.1, 0.15) is 15.4 Å². The predicted molar refractivity (Wildman–Crippen MR) is 65.4 cm³/mol. The first-order chi connectivity index (χ1) is 8.88. The Balaban J connectivity index is 2.29. The molecule has 2 heterocycles. The lowest BCUT2D eigenvalue weighted by Gasteiger charge is -2.09. The minimum atomic E-state index is -4.52. The molecular weight excluding hydrogens is 279 g/mol. The lowest BCUT2D eigenvalue weighted by atomic mass is 10.3. The van der Waals surface area contributed by atoms with Crippen molar-refractivity contribution >= 4 is 28.6 Å². The Hall–Kier alpha value is -2.09. The van der Waals surface area contributed by atoms with Gasteiger partial charge < -0.3 is 11.1 Å². The number of thiophene rings is 1. The van der Waals surface area contributed by atoms with Crippen LogP contribution in [0.2, 0.25) is 0 Å². The van der Waals surface area contributed by atoms with Gasteiger partial charge in [-0.15, -0.1) is 11.3 Å². The molecule has 0 aliphatic heterocycles. The highest BCUT2D eigenvalue weighted by atomic mass is 32.1. The van der Waals surface area contributed by atoms with Crippen molar-refractivity contribution in [1.82, 2.24) is 4.98 Å². The number of rotatable bonds is 3. The van der Waals surface area contributed by atoms with Crippen molar-refractivity contribution < 1.29 is 18.0 Å². The molecule has 0 bridgehead atoms. The van der Waals surface area contributed by atoms with Crippen LogP contribution < -0.4 is 11.1 Å². The van der Waals surface area contributed by atoms with Crippen LogP contribution in [-0.4, -0.2) is 10.9 Å². The maximum atomic E-state index is 12.5. The number of hydrogen-bond donors (Lipinski definition) is 2. The minimum absolute atomic E-state index is 0.184. The molecule has 0 aliphatic rings. The Bertz CT molecular complexity index is 609. The van der Waals surface area contributed by atoms with Crippen molar-refractivity contribution in [2.24, 2.45) is 5.73 Å². The van der Waals surface area contributed by atoms with Crippen LogP contribution in [0.3, 0.4) is 0 Å². The molecule has 0 aromatic carbocycles. The summed E-state index contributed by atoms with van der Waals surface area (Å²) in [4.78, 5) is 14.6. The highest BCUT2D eigenvalue weighted by Gasteiger charge is 2.32. The van der Waals surface area contributed by atoms with E-state index in [1.165, 1.54) is 6.07 Å². The summed E-state index contributed by atoms with van der Waals surface area (Å²) in [6.07, 6.45) is -3.47. The summed E-state index contributed by atoms with van der Waals surface area (Å²) in [5.41, 5.74) is 4.70. The van der Waals surface area contributed by atoms with Crippen LogP contribution in [-0.2, 0) is 6.18 Å². The standard InChI is InChI=1S/C11H8F3N3OS/c12-11(13,14)8-5-6(1-3-16-8)17-7-2-4-19-9(7)10(15)18/h1-5H,(H2,15,18)(H,16,17). The number of carbonyl (C=O) groups excluding carboxylic acids is 1. The lowest BCUT2D eigenvalue weighted by molar-refractivity contribution is -0.141. The minimum Gasteiger partial charge on any atom is -0.365 e. The van der Waals surface area contributed by atoms with Gasteiger partial charge in [0.25, 0.3) is 5.91 Å². The lowest BCUT2D eigenvalue weighted by Crippen LogP contribution is -2.11. The Morgan fingerprint density at radius 1 is 1.37 bits per heavy atom. The third-order valence-corrected chi connectivity index (χ3v) is 3.15. The highest BCUT2D eigenvalue weighted by molar-refractivity contribution is 7.12. The maximum absolute atomic E-state index is 12.5. The molecule has 2 rings (SSSR count). The van der Waals surface area contributed by atoms with Gasteiger partial charge in [-0.25, -0.2) is 0 Å². The largest absolute Gasteiger partial charge is 0.433 e. The molecule has 2 aromatic rings. The number of aromatic nitrogens is 1. The summed E-state index contributed by atoms with van der Waals surface area (Å²) in [7, 11) is 0. The molecule has 0 saturated carbocycles. The maximum Gasteiger partial charge on any atom is 0.433 e. The Morgan fingerprint density at radius 3 is 2.74 bits per heavy atom. The smallest absolute Gasteiger partial charge is 0.365 e. The number of anilines is 2. The average molecular weight is 287 g/mol. The number of carbonyl (C=O) groups is 1. The van der Waals surface area contributed by atoms with Gasteiger partial charge >= 0.3 is 6.18 Å². The highest BCUT2D eigenvalue weighted by Crippen LogP contribution is 2.31. The fraction of sp³-hybridized carbons (Fsp3) is 0.0909. The Kier molecular flexibility index (Phi) is 3.43. The summed E-state index contributed by atoms with van der Waals surface area (Å²) < 4.78 is 37.5. The van der Waals surface area contributed by atoms with Gasteiger partial charge in [-0.3, -0.25) is 9.78 Å². The summed E-state index contributed by atoms with van der Waals surface area (Å²) in [5.74, 6) is -0.636. The summed E-state index contributed by atoms with van der Waals surface area (Å²) in [6.45, 7) is 0. The molecule has 0 unspecified atom stereocenters. The first-order valence-corrected chi connectivity index (χ1v) is 5.93. The molecular formula is C11H8F3N3OS. The second-order valence-electron chi connectivity index (χ2n) is 3.58. The summed E-state index contributed by atoms with van der Waals surface area (Å²) in [6, 6.07) is 3.80. The van der Waals surface area contributed by atoms with Gasteiger partial charge in [-0.05, 0) is 23.6 Å². The van der Waals surface area contributed by atoms with Gasteiger partial charge in [-0.1, -0.05) is 0 Å². The van der Waals surface area contributed by atoms with Gasteiger partial charge in [0.05, 0.1) is 5.69 Å². The summed E-state index contributed by atoms with van der Waals surface area (Å²) in [5, 5.41) is 4.34. The zero-order valence-corrected chi connectivity index (χ0v) is 10.2. The molecule has 0 spiro atoms. The molecule has 3 N–H and O–H groups in total. The number of nitrogens with one attached hydrogen (secondary N) is 1. The van der Waals surface area contributed by atoms with Crippen molar-refractivity contribution in [2.75, 3.05) is 5.32 Å². The number of pyridine rings is 1. The number of nitrogens with zero attached hydrogens (tertiary/aromatic N) is 1. The molecule has 100 valence electrons. The van der Waals surface area contributed by atoms with Crippen LogP contribution in [0, 0.1) is 0 Å². The van der Waals surface area contributed by atoms with E-state index in [2.05, 4.69) is 10.3 Å². The van der Waals surface area contributed by atoms with Crippen LogP contribution in [0.25, 0.3) is 0 Å². The third-order valence-electron chi connectivity index (χ3n) is 2.22. The van der Waals surface area contributed by atoms with Gasteiger partial charge in [0.15, 0.2) is 0 Å². The van der Waals surface area contributed by atoms with E-state index in [9.17, 15) is 18.0 Å². The molecule has 0 radical (unpaired) electrons. The van der Waals surface area contributed by atoms with Crippen LogP contribution in [0.15, 0.2) is 29.8 Å². The van der Waals surface area contributed by atoms with E-state index in [1.807, 2.05) is 0 Å². The molecule has 8 heteroatoms. The van der Waals surface area contributed by atoms with Crippen molar-refractivity contribution in [1.29, 1.82) is 0 Å². The first-order valence-electron chi connectivity index (χ1n) is 5.05. The normalized spacial score (nSPS) is 11.3. The zero-order valence-electron chi connectivity index (χ0n) is 9.36. The van der Waals surface area contributed by atoms with Crippen molar-refractivity contribution in [3.8, 4) is 0 Å². The van der Waals surface area contributed by atoms with Crippen LogP contribution in [0.5, 0.6) is 0 Å². The first kappa shape index (κ1) is 13.3. The molecule has 19 heavy (non-hydrogen) atoms. The van der Waals surface area contributed by atoms with E-state index in [-0.39, 0.29) is 10.6 Å². The average Bonchev–Trinajstić information content (AvgIpc) is 2.76. The quantitative estimate of drug-likeness (QED) is 0.911. The number of primary amides is 1. The van der Waals surface area contributed by atoms with Gasteiger partial charge in [0.2, 0.25) is 0 Å². The van der Waals surface area contributed by atoms with Crippen molar-refractivity contribution in [2.45, 2.75) is 6.18 Å². The number of halogens is 3. The fourth-order valence-electron chi connectivity index (χ4n) is 1.42. The van der Waals surface area contributed by atoms with E-state index in [4.69, 9.17) is 5.73 Å². The topological polar surface area (TPSA) is 68.0 Å². The molecule has 0 atom stereocenters. The Labute approximate surface area is 110 Å². The summed E-state index contributed by atoms with van der Waals surface area (Å²) >= 11 is 1.11. The second-order valence-corrected chi connectivity index (χ2v) is 4.50. The van der Waals surface area contributed by atoms with E-state index in [1.54, 1.807) is 11.4 Å². The monoisotopic (exact) mass is 287 g/mol. The molecule has 1 amide bonds. The molecule has 0 fully saturated rings. The number of amides is 1. The van der Waals surface area contributed by atoms with Gasteiger partial charge in [0, 0.05) is 11.9 Å². The van der Waals surface area contributed by atoms with Gasteiger partial charge in [-0.2, -0.15) is 13.2 Å². The number of hydrogen-bond acceptors (Lipinski definition) is 4. The van der Waals surface area contributed by atoms with Gasteiger partial charge in [0.1, 0.15) is 10.6 Å². The fourth-order valence-corrected chi connectivity index (χ4v) is 2.12. The van der Waals surface area contributed by atoms with E-state index >= 15 is 0 Å². The Morgan fingerprint density at radius 2 is 2.11 bits per heavy atom. The van der Waals surface area contributed by atoms with Crippen LogP contribution in [0.4, 0.5) is 24.5 Å². The molecule has 0 saturated heterocycles. The molecule has 2 aromatic heterocycles. The predicted octanol–water partition coefficient (Wildman–Crippen LogP) is 3.00. The third kappa shape index (κ3) is 3.02. The van der Waals surface area contributed by atoms with Crippen LogP contribution >= 0.6 is 11.3 Å². The van der Waals surface area contributed by atoms with E-state index in [0.717, 1.165) is 23.6 Å². The number of alkyl halides is 3. The SMILES string of the molecule is NC(=O)c1sccc1Nc1ccnc(C(F)(F)F)c1. The van der Waals surface area contributed by atoms with Crippen molar-refractivity contribution in [3.05, 3.63) is 40.3 Å². The van der Waals surface area contributed by atoms with E-state index < -0.39 is 17.8 Å². The van der Waals surface area contributed by atoms with Crippen molar-refractivity contribution in [3.63, 3.8) is 0 Å². The molecule has 4 nitrogen and oxygen atoms in total.